The van der Waals surface area contributed by atoms with Crippen LogP contribution in [0.3, 0.4) is 0 Å². The fraction of sp³-hybridized carbons (Fsp3) is 0.167. The van der Waals surface area contributed by atoms with Crippen LogP contribution in [-0.4, -0.2) is 17.9 Å². The lowest BCUT2D eigenvalue weighted by atomic mass is 9.94. The van der Waals surface area contributed by atoms with Gasteiger partial charge in [-0.25, -0.2) is 0 Å². The number of carbonyl (C=O) groups is 2. The van der Waals surface area contributed by atoms with Crippen LogP contribution >= 0.6 is 0 Å². The molecule has 0 radical (unpaired) electrons. The van der Waals surface area contributed by atoms with Crippen LogP contribution in [0, 0.1) is 6.92 Å². The van der Waals surface area contributed by atoms with Crippen molar-refractivity contribution < 1.29 is 9.59 Å². The van der Waals surface area contributed by atoms with Crippen molar-refractivity contribution in [1.29, 1.82) is 0 Å². The van der Waals surface area contributed by atoms with Crippen molar-refractivity contribution in [2.75, 3.05) is 0 Å². The minimum absolute atomic E-state index is 0.199. The van der Waals surface area contributed by atoms with Crippen LogP contribution in [-0.2, 0) is 16.0 Å². The van der Waals surface area contributed by atoms with Gasteiger partial charge in [0.05, 0.1) is 5.92 Å². The number of nitrogens with one attached hydrogen (secondary N) is 1. The maximum atomic E-state index is 13.2. The van der Waals surface area contributed by atoms with Gasteiger partial charge in [0.1, 0.15) is 6.04 Å². The maximum Gasteiger partial charge on any atom is 0.240 e. The summed E-state index contributed by atoms with van der Waals surface area (Å²) in [6, 6.07) is 22.9. The van der Waals surface area contributed by atoms with Crippen molar-refractivity contribution in [1.82, 2.24) is 5.32 Å². The van der Waals surface area contributed by atoms with E-state index in [1.54, 1.807) is 0 Å². The minimum Gasteiger partial charge on any atom is -0.368 e. The van der Waals surface area contributed by atoms with Crippen LogP contribution in [0.15, 0.2) is 72.8 Å². The number of primary amides is 1. The van der Waals surface area contributed by atoms with Crippen molar-refractivity contribution in [3.05, 3.63) is 95.1 Å². The standard InChI is InChI=1S/C24H22N2O2/c1-15-8-2-3-9-16(15)14-21(23(25)27)26-24(28)22-19-12-6-4-10-17(19)18-11-5-7-13-20(18)22/h2-13,21-22H,14H2,1H3,(H2,25,27)(H,26,28)/t21-/m1/s1. The predicted molar refractivity (Wildman–Crippen MR) is 110 cm³/mol. The van der Waals surface area contributed by atoms with Gasteiger partial charge < -0.3 is 11.1 Å². The summed E-state index contributed by atoms with van der Waals surface area (Å²) in [6.45, 7) is 1.98. The zero-order valence-corrected chi connectivity index (χ0v) is 15.7. The van der Waals surface area contributed by atoms with E-state index in [0.29, 0.717) is 6.42 Å². The quantitative estimate of drug-likeness (QED) is 0.723. The van der Waals surface area contributed by atoms with Gasteiger partial charge in [0.25, 0.3) is 0 Å². The number of fused-ring (bicyclic) bond motifs is 3. The molecule has 28 heavy (non-hydrogen) atoms. The SMILES string of the molecule is Cc1ccccc1C[C@@H](NC(=O)C1c2ccccc2-c2ccccc21)C(N)=O. The smallest absolute Gasteiger partial charge is 0.240 e. The molecule has 4 nitrogen and oxygen atoms in total. The molecular weight excluding hydrogens is 348 g/mol. The molecule has 0 saturated carbocycles. The molecule has 3 aromatic rings. The molecular formula is C24H22N2O2. The molecule has 3 N–H and O–H groups in total. The first-order chi connectivity index (χ1) is 13.6. The van der Waals surface area contributed by atoms with Gasteiger partial charge in [-0.1, -0.05) is 72.8 Å². The highest BCUT2D eigenvalue weighted by Crippen LogP contribution is 2.44. The lowest BCUT2D eigenvalue weighted by Gasteiger charge is -2.20. The van der Waals surface area contributed by atoms with Gasteiger partial charge in [-0.3, -0.25) is 9.59 Å². The Balaban J connectivity index is 1.63. The van der Waals surface area contributed by atoms with E-state index in [0.717, 1.165) is 33.4 Å². The fourth-order valence-electron chi connectivity index (χ4n) is 3.97. The summed E-state index contributed by atoms with van der Waals surface area (Å²) in [7, 11) is 0. The molecule has 0 fully saturated rings. The highest BCUT2D eigenvalue weighted by Gasteiger charge is 2.34. The molecule has 1 atom stereocenters. The Morgan fingerprint density at radius 1 is 0.893 bits per heavy atom. The average molecular weight is 370 g/mol. The third-order valence-electron chi connectivity index (χ3n) is 5.44. The number of hydrogen-bond donors (Lipinski definition) is 2. The molecule has 4 rings (SSSR count). The van der Waals surface area contributed by atoms with Gasteiger partial charge in [0, 0.05) is 6.42 Å². The lowest BCUT2D eigenvalue weighted by Crippen LogP contribution is -2.47. The number of rotatable bonds is 5. The Bertz CT molecular complexity index is 1010. The number of benzene rings is 3. The molecule has 0 heterocycles. The molecule has 0 aliphatic heterocycles. The van der Waals surface area contributed by atoms with Crippen molar-refractivity contribution in [3.63, 3.8) is 0 Å². The second kappa shape index (κ2) is 7.31. The summed E-state index contributed by atoms with van der Waals surface area (Å²) in [5.74, 6) is -1.17. The van der Waals surface area contributed by atoms with Gasteiger partial charge in [-0.2, -0.15) is 0 Å². The van der Waals surface area contributed by atoms with Crippen molar-refractivity contribution in [3.8, 4) is 11.1 Å². The summed E-state index contributed by atoms with van der Waals surface area (Å²) in [5.41, 5.74) is 11.7. The second-order valence-electron chi connectivity index (χ2n) is 7.20. The summed E-state index contributed by atoms with van der Waals surface area (Å²) < 4.78 is 0. The molecule has 0 spiro atoms. The number of hydrogen-bond acceptors (Lipinski definition) is 2. The van der Waals surface area contributed by atoms with E-state index in [9.17, 15) is 9.59 Å². The molecule has 1 aliphatic rings. The first-order valence-corrected chi connectivity index (χ1v) is 9.38. The minimum atomic E-state index is -0.756. The molecule has 1 aliphatic carbocycles. The monoisotopic (exact) mass is 370 g/mol. The van der Waals surface area contributed by atoms with E-state index in [1.807, 2.05) is 79.7 Å². The summed E-state index contributed by atoms with van der Waals surface area (Å²) in [4.78, 5) is 25.3. The Labute approximate surface area is 164 Å². The van der Waals surface area contributed by atoms with Crippen LogP contribution < -0.4 is 11.1 Å². The fourth-order valence-corrected chi connectivity index (χ4v) is 3.97. The third-order valence-corrected chi connectivity index (χ3v) is 5.44. The van der Waals surface area contributed by atoms with E-state index in [2.05, 4.69) is 5.32 Å². The first-order valence-electron chi connectivity index (χ1n) is 9.38. The van der Waals surface area contributed by atoms with Gasteiger partial charge in [-0.05, 0) is 40.3 Å². The first kappa shape index (κ1) is 18.0. The average Bonchev–Trinajstić information content (AvgIpc) is 3.03. The van der Waals surface area contributed by atoms with E-state index in [4.69, 9.17) is 5.73 Å². The van der Waals surface area contributed by atoms with Crippen molar-refractivity contribution >= 4 is 11.8 Å². The number of carbonyl (C=O) groups excluding carboxylic acids is 2. The molecule has 0 aromatic heterocycles. The maximum absolute atomic E-state index is 13.2. The molecule has 0 bridgehead atoms. The summed E-state index contributed by atoms with van der Waals surface area (Å²) in [5, 5.41) is 2.90. The molecule has 2 amide bonds. The van der Waals surface area contributed by atoms with Crippen LogP contribution in [0.25, 0.3) is 11.1 Å². The van der Waals surface area contributed by atoms with Crippen LogP contribution in [0.2, 0.25) is 0 Å². The van der Waals surface area contributed by atoms with E-state index < -0.39 is 17.9 Å². The Morgan fingerprint density at radius 2 is 1.43 bits per heavy atom. The van der Waals surface area contributed by atoms with Gasteiger partial charge in [0.2, 0.25) is 11.8 Å². The zero-order chi connectivity index (χ0) is 19.7. The second-order valence-corrected chi connectivity index (χ2v) is 7.20. The Morgan fingerprint density at radius 3 is 2.00 bits per heavy atom. The molecule has 4 heteroatoms. The van der Waals surface area contributed by atoms with Gasteiger partial charge >= 0.3 is 0 Å². The van der Waals surface area contributed by atoms with Gasteiger partial charge in [-0.15, -0.1) is 0 Å². The molecule has 0 unspecified atom stereocenters. The largest absolute Gasteiger partial charge is 0.368 e. The highest BCUT2D eigenvalue weighted by atomic mass is 16.2. The van der Waals surface area contributed by atoms with Crippen LogP contribution in [0.1, 0.15) is 28.2 Å². The van der Waals surface area contributed by atoms with Crippen LogP contribution in [0.5, 0.6) is 0 Å². The predicted octanol–water partition coefficient (Wildman–Crippen LogP) is 3.32. The molecule has 3 aromatic carbocycles. The zero-order valence-electron chi connectivity index (χ0n) is 15.7. The van der Waals surface area contributed by atoms with E-state index >= 15 is 0 Å². The summed E-state index contributed by atoms with van der Waals surface area (Å²) >= 11 is 0. The normalized spacial score (nSPS) is 13.5. The van der Waals surface area contributed by atoms with Crippen molar-refractivity contribution in [2.45, 2.75) is 25.3 Å². The van der Waals surface area contributed by atoms with Crippen molar-refractivity contribution in [2.24, 2.45) is 5.73 Å². The molecule has 0 saturated heterocycles. The highest BCUT2D eigenvalue weighted by molar-refractivity contribution is 5.98. The number of aryl methyl sites for hydroxylation is 1. The van der Waals surface area contributed by atoms with E-state index in [1.165, 1.54) is 0 Å². The van der Waals surface area contributed by atoms with E-state index in [-0.39, 0.29) is 5.91 Å². The summed E-state index contributed by atoms with van der Waals surface area (Å²) in [6.07, 6.45) is 0.379. The molecule has 140 valence electrons. The topological polar surface area (TPSA) is 72.2 Å². The number of nitrogens with two attached hydrogens (primary N) is 1. The lowest BCUT2D eigenvalue weighted by molar-refractivity contribution is -0.127. The van der Waals surface area contributed by atoms with Crippen LogP contribution in [0.4, 0.5) is 0 Å². The number of amides is 2. The third kappa shape index (κ3) is 3.18. The Hall–Kier alpha value is -3.40. The Kier molecular flexibility index (Phi) is 4.70. The van der Waals surface area contributed by atoms with Gasteiger partial charge in [0.15, 0.2) is 0 Å².